The van der Waals surface area contributed by atoms with E-state index in [9.17, 15) is 4.79 Å². The number of carbonyl (C=O) groups excluding carboxylic acids is 1. The maximum atomic E-state index is 11.2. The summed E-state index contributed by atoms with van der Waals surface area (Å²) in [6.07, 6.45) is 1.64. The number of hydrogen-bond acceptors (Lipinski definition) is 3. The van der Waals surface area contributed by atoms with Gasteiger partial charge in [-0.3, -0.25) is 4.79 Å². The molecular formula is C19H18N2O2. The number of pyridine rings is 1. The fourth-order valence-electron chi connectivity index (χ4n) is 2.39. The third-order valence-electron chi connectivity index (χ3n) is 3.71. The first-order chi connectivity index (χ1) is 11.0. The van der Waals surface area contributed by atoms with Gasteiger partial charge in [-0.2, -0.15) is 0 Å². The van der Waals surface area contributed by atoms with Crippen LogP contribution in [0.3, 0.4) is 0 Å². The summed E-state index contributed by atoms with van der Waals surface area (Å²) in [5.74, 6) is 0.612. The molecule has 2 aromatic heterocycles. The van der Waals surface area contributed by atoms with Gasteiger partial charge in [0.25, 0.3) is 0 Å². The van der Waals surface area contributed by atoms with E-state index in [-0.39, 0.29) is 0 Å². The number of nitrogens with zero attached hydrogens (tertiary/aromatic N) is 1. The summed E-state index contributed by atoms with van der Waals surface area (Å²) in [5.41, 5.74) is 9.63. The van der Waals surface area contributed by atoms with Crippen LogP contribution in [0.2, 0.25) is 0 Å². The summed E-state index contributed by atoms with van der Waals surface area (Å²) >= 11 is 0. The third-order valence-corrected chi connectivity index (χ3v) is 3.71. The minimum Gasteiger partial charge on any atom is -0.463 e. The van der Waals surface area contributed by atoms with E-state index in [1.807, 2.05) is 30.3 Å². The van der Waals surface area contributed by atoms with Crippen molar-refractivity contribution in [1.29, 1.82) is 0 Å². The Kier molecular flexibility index (Phi) is 3.98. The maximum Gasteiger partial charge on any atom is 0.248 e. The van der Waals surface area contributed by atoms with E-state index in [2.05, 4.69) is 24.9 Å². The lowest BCUT2D eigenvalue weighted by molar-refractivity contribution is 0.100. The molecular weight excluding hydrogens is 288 g/mol. The Morgan fingerprint density at radius 2 is 1.83 bits per heavy atom. The van der Waals surface area contributed by atoms with Crippen LogP contribution in [-0.2, 0) is 0 Å². The topological polar surface area (TPSA) is 69.1 Å². The highest BCUT2D eigenvalue weighted by Gasteiger charge is 2.11. The standard InChI is InChI=1S/C19H18N2O2/c1-12(2)16-10-15(11-17(21-16)18-4-3-9-23-18)13-5-7-14(8-6-13)19(20)22/h3-12H,1-2H3,(H2,20,22). The van der Waals surface area contributed by atoms with Crippen molar-refractivity contribution < 1.29 is 9.21 Å². The number of aromatic nitrogens is 1. The molecule has 0 saturated carbocycles. The van der Waals surface area contributed by atoms with Crippen LogP contribution in [0, 0.1) is 0 Å². The lowest BCUT2D eigenvalue weighted by Gasteiger charge is -2.11. The molecule has 0 aliphatic heterocycles. The molecule has 1 aromatic carbocycles. The largest absolute Gasteiger partial charge is 0.463 e. The molecule has 0 spiro atoms. The highest BCUT2D eigenvalue weighted by Crippen LogP contribution is 2.28. The van der Waals surface area contributed by atoms with Gasteiger partial charge in [0.15, 0.2) is 5.76 Å². The summed E-state index contributed by atoms with van der Waals surface area (Å²) in [5, 5.41) is 0. The number of carbonyl (C=O) groups is 1. The summed E-state index contributed by atoms with van der Waals surface area (Å²) in [6.45, 7) is 4.21. The van der Waals surface area contributed by atoms with Crippen LogP contribution >= 0.6 is 0 Å². The highest BCUT2D eigenvalue weighted by atomic mass is 16.3. The molecule has 1 amide bonds. The molecule has 2 heterocycles. The SMILES string of the molecule is CC(C)c1cc(-c2ccc(C(N)=O)cc2)cc(-c2ccco2)n1. The van der Waals surface area contributed by atoms with Gasteiger partial charge in [0.05, 0.1) is 6.26 Å². The molecule has 0 fully saturated rings. The summed E-state index contributed by atoms with van der Waals surface area (Å²) in [4.78, 5) is 15.9. The molecule has 4 heteroatoms. The number of hydrogen-bond donors (Lipinski definition) is 1. The average Bonchev–Trinajstić information content (AvgIpc) is 3.09. The minimum atomic E-state index is -0.426. The Morgan fingerprint density at radius 1 is 1.09 bits per heavy atom. The molecule has 2 N–H and O–H groups in total. The molecule has 0 unspecified atom stereocenters. The molecule has 0 aliphatic carbocycles. The Labute approximate surface area is 135 Å². The number of nitrogens with two attached hydrogens (primary N) is 1. The van der Waals surface area contributed by atoms with Crippen molar-refractivity contribution in [2.75, 3.05) is 0 Å². The molecule has 116 valence electrons. The van der Waals surface area contributed by atoms with Crippen molar-refractivity contribution in [2.45, 2.75) is 19.8 Å². The smallest absolute Gasteiger partial charge is 0.248 e. The predicted molar refractivity (Wildman–Crippen MR) is 90.0 cm³/mol. The summed E-state index contributed by atoms with van der Waals surface area (Å²) in [7, 11) is 0. The average molecular weight is 306 g/mol. The van der Waals surface area contributed by atoms with Crippen molar-refractivity contribution in [3.05, 3.63) is 66.1 Å². The van der Waals surface area contributed by atoms with Crippen molar-refractivity contribution in [1.82, 2.24) is 4.98 Å². The zero-order valence-electron chi connectivity index (χ0n) is 13.1. The number of furan rings is 1. The van der Waals surface area contributed by atoms with Crippen LogP contribution < -0.4 is 5.73 Å². The first-order valence-electron chi connectivity index (χ1n) is 7.50. The van der Waals surface area contributed by atoms with Gasteiger partial charge in [0.1, 0.15) is 5.69 Å². The van der Waals surface area contributed by atoms with Crippen LogP contribution in [0.4, 0.5) is 0 Å². The fraction of sp³-hybridized carbons (Fsp3) is 0.158. The predicted octanol–water partition coefficient (Wildman–Crippen LogP) is 4.23. The molecule has 23 heavy (non-hydrogen) atoms. The Balaban J connectivity index is 2.09. The first kappa shape index (κ1) is 15.0. The second kappa shape index (κ2) is 6.08. The van der Waals surface area contributed by atoms with E-state index >= 15 is 0 Å². The zero-order valence-corrected chi connectivity index (χ0v) is 13.1. The lowest BCUT2D eigenvalue weighted by atomic mass is 9.99. The summed E-state index contributed by atoms with van der Waals surface area (Å²) in [6, 6.07) is 15.1. The molecule has 3 aromatic rings. The molecule has 0 radical (unpaired) electrons. The van der Waals surface area contributed by atoms with Crippen molar-refractivity contribution in [2.24, 2.45) is 5.73 Å². The van der Waals surface area contributed by atoms with E-state index in [1.165, 1.54) is 0 Å². The monoisotopic (exact) mass is 306 g/mol. The van der Waals surface area contributed by atoms with Crippen molar-refractivity contribution in [3.8, 4) is 22.6 Å². The van der Waals surface area contributed by atoms with Crippen LogP contribution in [-0.4, -0.2) is 10.9 Å². The van der Waals surface area contributed by atoms with E-state index in [0.29, 0.717) is 11.5 Å². The van der Waals surface area contributed by atoms with E-state index in [4.69, 9.17) is 10.2 Å². The summed E-state index contributed by atoms with van der Waals surface area (Å²) < 4.78 is 5.47. The third kappa shape index (κ3) is 3.16. The fourth-order valence-corrected chi connectivity index (χ4v) is 2.39. The second-order valence-corrected chi connectivity index (χ2v) is 5.74. The van der Waals surface area contributed by atoms with E-state index < -0.39 is 5.91 Å². The minimum absolute atomic E-state index is 0.300. The number of amides is 1. The lowest BCUT2D eigenvalue weighted by Crippen LogP contribution is -2.10. The van der Waals surface area contributed by atoms with Crippen LogP contribution in [0.15, 0.2) is 59.2 Å². The second-order valence-electron chi connectivity index (χ2n) is 5.74. The Morgan fingerprint density at radius 3 is 2.39 bits per heavy atom. The molecule has 3 rings (SSSR count). The van der Waals surface area contributed by atoms with Gasteiger partial charge in [-0.25, -0.2) is 4.98 Å². The maximum absolute atomic E-state index is 11.2. The number of primary amides is 1. The number of rotatable bonds is 4. The van der Waals surface area contributed by atoms with Gasteiger partial charge in [-0.15, -0.1) is 0 Å². The normalized spacial score (nSPS) is 10.9. The van der Waals surface area contributed by atoms with Gasteiger partial charge < -0.3 is 10.2 Å². The highest BCUT2D eigenvalue weighted by molar-refractivity contribution is 5.93. The van der Waals surface area contributed by atoms with Crippen LogP contribution in [0.1, 0.15) is 35.8 Å². The van der Waals surface area contributed by atoms with E-state index in [0.717, 1.165) is 28.3 Å². The van der Waals surface area contributed by atoms with E-state index in [1.54, 1.807) is 18.4 Å². The molecule has 0 aliphatic rings. The van der Waals surface area contributed by atoms with Gasteiger partial charge in [0, 0.05) is 11.3 Å². The Hall–Kier alpha value is -2.88. The van der Waals surface area contributed by atoms with Gasteiger partial charge in [-0.1, -0.05) is 26.0 Å². The molecule has 4 nitrogen and oxygen atoms in total. The quantitative estimate of drug-likeness (QED) is 0.784. The zero-order chi connectivity index (χ0) is 16.4. The Bertz CT molecular complexity index is 819. The van der Waals surface area contributed by atoms with Crippen LogP contribution in [0.5, 0.6) is 0 Å². The van der Waals surface area contributed by atoms with Crippen molar-refractivity contribution >= 4 is 5.91 Å². The van der Waals surface area contributed by atoms with Gasteiger partial charge >= 0.3 is 0 Å². The van der Waals surface area contributed by atoms with Gasteiger partial charge in [0.2, 0.25) is 5.91 Å². The van der Waals surface area contributed by atoms with Gasteiger partial charge in [-0.05, 0) is 53.4 Å². The van der Waals surface area contributed by atoms with Crippen LogP contribution in [0.25, 0.3) is 22.6 Å². The molecule has 0 atom stereocenters. The molecule has 0 saturated heterocycles. The first-order valence-corrected chi connectivity index (χ1v) is 7.50. The number of benzene rings is 1. The molecule has 0 bridgehead atoms. The van der Waals surface area contributed by atoms with Crippen molar-refractivity contribution in [3.63, 3.8) is 0 Å².